The molecule has 0 aliphatic rings. The molecule has 0 amide bonds. The van der Waals surface area contributed by atoms with Gasteiger partial charge in [0.05, 0.1) is 18.2 Å². The molecule has 1 heterocycles. The fourth-order valence-corrected chi connectivity index (χ4v) is 2.27. The van der Waals surface area contributed by atoms with Gasteiger partial charge in [-0.3, -0.25) is 0 Å². The van der Waals surface area contributed by atoms with Crippen LogP contribution in [0.15, 0.2) is 29.6 Å². The zero-order chi connectivity index (χ0) is 13.5. The summed E-state index contributed by atoms with van der Waals surface area (Å²) < 4.78 is 11.2. The first-order chi connectivity index (χ1) is 9.33. The molecule has 0 unspecified atom stereocenters. The molecular weight excluding hydrogens is 260 g/mol. The molecule has 0 radical (unpaired) electrons. The van der Waals surface area contributed by atoms with Crippen molar-refractivity contribution in [3.05, 3.63) is 40.3 Å². The second-order valence-electron chi connectivity index (χ2n) is 3.72. The van der Waals surface area contributed by atoms with Gasteiger partial charge in [0.2, 0.25) is 0 Å². The molecule has 0 bridgehead atoms. The number of nitrogens with zero attached hydrogens (tertiary/aromatic N) is 2. The Morgan fingerprint density at radius 1 is 1.26 bits per heavy atom. The van der Waals surface area contributed by atoms with Gasteiger partial charge >= 0.3 is 0 Å². The van der Waals surface area contributed by atoms with Crippen molar-refractivity contribution in [1.82, 2.24) is 4.98 Å². The summed E-state index contributed by atoms with van der Waals surface area (Å²) in [6.07, 6.45) is 0.687. The van der Waals surface area contributed by atoms with Gasteiger partial charge < -0.3 is 9.47 Å². The third-order valence-corrected chi connectivity index (χ3v) is 3.30. The zero-order valence-electron chi connectivity index (χ0n) is 10.6. The van der Waals surface area contributed by atoms with E-state index >= 15 is 0 Å². The number of nitriles is 1. The molecule has 0 saturated heterocycles. The molecule has 19 heavy (non-hydrogen) atoms. The van der Waals surface area contributed by atoms with E-state index in [4.69, 9.17) is 14.7 Å². The van der Waals surface area contributed by atoms with Crippen LogP contribution in [0, 0.1) is 11.3 Å². The van der Waals surface area contributed by atoms with Crippen molar-refractivity contribution in [2.24, 2.45) is 0 Å². The summed E-state index contributed by atoms with van der Waals surface area (Å²) in [5.74, 6) is 1.49. The Labute approximate surface area is 116 Å². The topological polar surface area (TPSA) is 55.1 Å². The van der Waals surface area contributed by atoms with Crippen LogP contribution in [0.25, 0.3) is 0 Å². The number of ether oxygens (including phenoxy) is 2. The highest BCUT2D eigenvalue weighted by Crippen LogP contribution is 2.26. The lowest BCUT2D eigenvalue weighted by molar-refractivity contribution is 0.279. The van der Waals surface area contributed by atoms with E-state index in [1.165, 1.54) is 11.3 Å². The highest BCUT2D eigenvalue weighted by atomic mass is 32.1. The molecule has 2 rings (SSSR count). The summed E-state index contributed by atoms with van der Waals surface area (Å²) in [4.78, 5) is 4.16. The maximum Gasteiger partial charge on any atom is 0.161 e. The standard InChI is InChI=1S/C14H14N2O2S/c1-2-17-12-5-3-4-6-13(12)18-8-7-14-16-11(9-15)10-19-14/h3-6,10H,2,7-8H2,1H3. The van der Waals surface area contributed by atoms with E-state index in [1.54, 1.807) is 5.38 Å². The van der Waals surface area contributed by atoms with Gasteiger partial charge in [-0.1, -0.05) is 12.1 Å². The smallest absolute Gasteiger partial charge is 0.161 e. The van der Waals surface area contributed by atoms with E-state index in [-0.39, 0.29) is 0 Å². The number of hydrogen-bond acceptors (Lipinski definition) is 5. The summed E-state index contributed by atoms with van der Waals surface area (Å²) >= 11 is 1.48. The molecule has 98 valence electrons. The number of rotatable bonds is 6. The average molecular weight is 274 g/mol. The maximum absolute atomic E-state index is 8.70. The van der Waals surface area contributed by atoms with Crippen molar-refractivity contribution in [3.8, 4) is 17.6 Å². The molecule has 0 saturated carbocycles. The van der Waals surface area contributed by atoms with Gasteiger partial charge in [0, 0.05) is 11.8 Å². The van der Waals surface area contributed by atoms with E-state index in [9.17, 15) is 0 Å². The lowest BCUT2D eigenvalue weighted by atomic mass is 10.3. The van der Waals surface area contributed by atoms with Crippen LogP contribution in [0.3, 0.4) is 0 Å². The largest absolute Gasteiger partial charge is 0.490 e. The number of para-hydroxylation sites is 2. The molecule has 2 aromatic rings. The SMILES string of the molecule is CCOc1ccccc1OCCc1nc(C#N)cs1. The van der Waals surface area contributed by atoms with E-state index in [0.717, 1.165) is 16.5 Å². The van der Waals surface area contributed by atoms with E-state index < -0.39 is 0 Å². The Balaban J connectivity index is 1.90. The van der Waals surface area contributed by atoms with Crippen LogP contribution in [0.2, 0.25) is 0 Å². The third kappa shape index (κ3) is 3.70. The van der Waals surface area contributed by atoms with Gasteiger partial charge in [-0.15, -0.1) is 11.3 Å². The minimum atomic E-state index is 0.467. The fraction of sp³-hybridized carbons (Fsp3) is 0.286. The van der Waals surface area contributed by atoms with E-state index in [2.05, 4.69) is 4.98 Å². The molecule has 0 fully saturated rings. The first-order valence-electron chi connectivity index (χ1n) is 6.02. The fourth-order valence-electron chi connectivity index (χ4n) is 1.57. The summed E-state index contributed by atoms with van der Waals surface area (Å²) in [6, 6.07) is 9.61. The van der Waals surface area contributed by atoms with Crippen molar-refractivity contribution in [3.63, 3.8) is 0 Å². The van der Waals surface area contributed by atoms with Crippen molar-refractivity contribution < 1.29 is 9.47 Å². The molecule has 0 atom stereocenters. The number of hydrogen-bond donors (Lipinski definition) is 0. The van der Waals surface area contributed by atoms with Crippen molar-refractivity contribution >= 4 is 11.3 Å². The highest BCUT2D eigenvalue weighted by molar-refractivity contribution is 7.09. The van der Waals surface area contributed by atoms with Crippen LogP contribution < -0.4 is 9.47 Å². The minimum Gasteiger partial charge on any atom is -0.490 e. The first-order valence-corrected chi connectivity index (χ1v) is 6.90. The van der Waals surface area contributed by atoms with Crippen LogP contribution >= 0.6 is 11.3 Å². The molecule has 0 spiro atoms. The van der Waals surface area contributed by atoms with Crippen LogP contribution in [0.4, 0.5) is 0 Å². The molecule has 0 aliphatic heterocycles. The molecule has 0 N–H and O–H groups in total. The highest BCUT2D eigenvalue weighted by Gasteiger charge is 2.05. The number of benzene rings is 1. The van der Waals surface area contributed by atoms with Crippen molar-refractivity contribution in [2.45, 2.75) is 13.3 Å². The van der Waals surface area contributed by atoms with Gasteiger partial charge in [0.1, 0.15) is 6.07 Å². The Morgan fingerprint density at radius 2 is 2.00 bits per heavy atom. The Hall–Kier alpha value is -2.06. The number of thiazole rings is 1. The second kappa shape index (κ2) is 6.76. The zero-order valence-corrected chi connectivity index (χ0v) is 11.4. The van der Waals surface area contributed by atoms with E-state index in [0.29, 0.717) is 25.3 Å². The van der Waals surface area contributed by atoms with Crippen LogP contribution in [-0.4, -0.2) is 18.2 Å². The Bertz CT molecular complexity index is 575. The summed E-state index contributed by atoms with van der Waals surface area (Å²) in [5.41, 5.74) is 0.467. The van der Waals surface area contributed by atoms with Crippen LogP contribution in [0.5, 0.6) is 11.5 Å². The van der Waals surface area contributed by atoms with Gasteiger partial charge in [0.25, 0.3) is 0 Å². The van der Waals surface area contributed by atoms with Crippen LogP contribution in [0.1, 0.15) is 17.6 Å². The molecular formula is C14H14N2O2S. The monoisotopic (exact) mass is 274 g/mol. The van der Waals surface area contributed by atoms with Crippen LogP contribution in [-0.2, 0) is 6.42 Å². The second-order valence-corrected chi connectivity index (χ2v) is 4.66. The predicted molar refractivity (Wildman–Crippen MR) is 73.6 cm³/mol. The third-order valence-electron chi connectivity index (χ3n) is 2.39. The van der Waals surface area contributed by atoms with Gasteiger partial charge in [-0.2, -0.15) is 5.26 Å². The normalized spacial score (nSPS) is 9.89. The predicted octanol–water partition coefficient (Wildman–Crippen LogP) is 3.03. The summed E-state index contributed by atoms with van der Waals surface area (Å²) in [6.45, 7) is 3.07. The molecule has 1 aromatic heterocycles. The van der Waals surface area contributed by atoms with Crippen molar-refractivity contribution in [1.29, 1.82) is 5.26 Å². The summed E-state index contributed by atoms with van der Waals surface area (Å²) in [7, 11) is 0. The summed E-state index contributed by atoms with van der Waals surface area (Å²) in [5, 5.41) is 11.4. The lowest BCUT2D eigenvalue weighted by Gasteiger charge is -2.10. The van der Waals surface area contributed by atoms with Crippen molar-refractivity contribution in [2.75, 3.05) is 13.2 Å². The Morgan fingerprint density at radius 3 is 2.63 bits per heavy atom. The minimum absolute atomic E-state index is 0.467. The van der Waals surface area contributed by atoms with Gasteiger partial charge in [-0.25, -0.2) is 4.98 Å². The molecule has 0 aliphatic carbocycles. The Kier molecular flexibility index (Phi) is 4.76. The average Bonchev–Trinajstić information content (AvgIpc) is 2.89. The first kappa shape index (κ1) is 13.4. The van der Waals surface area contributed by atoms with E-state index in [1.807, 2.05) is 37.3 Å². The lowest BCUT2D eigenvalue weighted by Crippen LogP contribution is -2.03. The van der Waals surface area contributed by atoms with Gasteiger partial charge in [-0.05, 0) is 19.1 Å². The maximum atomic E-state index is 8.70. The van der Waals surface area contributed by atoms with Gasteiger partial charge in [0.15, 0.2) is 17.2 Å². The number of aromatic nitrogens is 1. The quantitative estimate of drug-likeness (QED) is 0.812. The molecule has 5 heteroatoms. The molecule has 4 nitrogen and oxygen atoms in total. The molecule has 1 aromatic carbocycles.